The maximum Gasteiger partial charge on any atom is 0.264 e. The van der Waals surface area contributed by atoms with E-state index < -0.39 is 0 Å². The van der Waals surface area contributed by atoms with Crippen LogP contribution in [-0.4, -0.2) is 16.1 Å². The molecule has 2 aliphatic heterocycles. The third kappa shape index (κ3) is 2.01. The van der Waals surface area contributed by atoms with Crippen LogP contribution in [-0.2, 0) is 9.59 Å². The van der Waals surface area contributed by atoms with E-state index in [1.807, 2.05) is 19.1 Å². The van der Waals surface area contributed by atoms with Crippen LogP contribution in [0.1, 0.15) is 11.1 Å². The number of nitrogens with one attached hydrogen (secondary N) is 2. The van der Waals surface area contributed by atoms with Gasteiger partial charge in [0.15, 0.2) is 0 Å². The standard InChI is InChI=1S/C12H7BrN2O2S2/c1-4-2-5(13)3-6-7(10(16)14-8(4)6)9-11(17)15-12(18)19-9/h2-3H,1H3,(H,14,16)(H,15,17,18)/b9-7+. The lowest BCUT2D eigenvalue weighted by atomic mass is 10.0. The highest BCUT2D eigenvalue weighted by molar-refractivity contribution is 9.10. The fourth-order valence-electron chi connectivity index (χ4n) is 2.11. The van der Waals surface area contributed by atoms with Crippen LogP contribution in [0.3, 0.4) is 0 Å². The van der Waals surface area contributed by atoms with Gasteiger partial charge in [-0.2, -0.15) is 0 Å². The third-order valence-electron chi connectivity index (χ3n) is 2.88. The van der Waals surface area contributed by atoms with Crippen molar-refractivity contribution in [1.82, 2.24) is 5.32 Å². The molecule has 0 unspecified atom stereocenters. The summed E-state index contributed by atoms with van der Waals surface area (Å²) in [6, 6.07) is 3.75. The minimum atomic E-state index is -0.314. The molecule has 2 N–H and O–H groups in total. The smallest absolute Gasteiger partial charge is 0.264 e. The Labute approximate surface area is 127 Å². The van der Waals surface area contributed by atoms with Gasteiger partial charge in [0.2, 0.25) is 0 Å². The Morgan fingerprint density at radius 3 is 2.58 bits per heavy atom. The summed E-state index contributed by atoms with van der Waals surface area (Å²) in [6.45, 7) is 1.91. The predicted molar refractivity (Wildman–Crippen MR) is 82.8 cm³/mol. The van der Waals surface area contributed by atoms with Gasteiger partial charge in [0.1, 0.15) is 4.32 Å². The van der Waals surface area contributed by atoms with Crippen molar-refractivity contribution in [2.24, 2.45) is 0 Å². The van der Waals surface area contributed by atoms with E-state index in [0.29, 0.717) is 14.8 Å². The van der Waals surface area contributed by atoms with E-state index in [9.17, 15) is 9.59 Å². The van der Waals surface area contributed by atoms with Crippen molar-refractivity contribution in [2.75, 3.05) is 5.32 Å². The summed E-state index contributed by atoms with van der Waals surface area (Å²) in [7, 11) is 0. The van der Waals surface area contributed by atoms with Crippen LogP contribution < -0.4 is 10.6 Å². The largest absolute Gasteiger partial charge is 0.321 e. The second-order valence-electron chi connectivity index (χ2n) is 4.15. The number of amides is 2. The Morgan fingerprint density at radius 2 is 1.95 bits per heavy atom. The monoisotopic (exact) mass is 354 g/mol. The van der Waals surface area contributed by atoms with E-state index >= 15 is 0 Å². The van der Waals surface area contributed by atoms with Crippen molar-refractivity contribution in [3.8, 4) is 0 Å². The predicted octanol–water partition coefficient (Wildman–Crippen LogP) is 2.57. The number of rotatable bonds is 0. The Morgan fingerprint density at radius 1 is 1.21 bits per heavy atom. The van der Waals surface area contributed by atoms with Gasteiger partial charge in [-0.25, -0.2) is 0 Å². The average molecular weight is 355 g/mol. The molecule has 0 radical (unpaired) electrons. The summed E-state index contributed by atoms with van der Waals surface area (Å²) in [5.41, 5.74) is 2.82. The SMILES string of the molecule is Cc1cc(Br)cc2c1NC(=O)/C2=C1/SC(=S)NC1=O. The second kappa shape index (κ2) is 4.43. The minimum absolute atomic E-state index is 0.265. The molecule has 1 saturated heterocycles. The zero-order chi connectivity index (χ0) is 13.7. The lowest BCUT2D eigenvalue weighted by molar-refractivity contribution is -0.115. The number of fused-ring (bicyclic) bond motifs is 1. The number of aryl methyl sites for hydroxylation is 1. The van der Waals surface area contributed by atoms with Crippen molar-refractivity contribution in [3.63, 3.8) is 0 Å². The first-order valence-electron chi connectivity index (χ1n) is 5.36. The van der Waals surface area contributed by atoms with Gasteiger partial charge in [-0.15, -0.1) is 0 Å². The lowest BCUT2D eigenvalue weighted by Gasteiger charge is -2.04. The topological polar surface area (TPSA) is 58.2 Å². The summed E-state index contributed by atoms with van der Waals surface area (Å²) < 4.78 is 1.24. The average Bonchev–Trinajstić information content (AvgIpc) is 2.78. The number of halogens is 1. The molecule has 0 saturated carbocycles. The first-order chi connectivity index (χ1) is 8.97. The van der Waals surface area contributed by atoms with Crippen LogP contribution >= 0.6 is 39.9 Å². The molecule has 19 heavy (non-hydrogen) atoms. The Kier molecular flexibility index (Phi) is 2.99. The fourth-order valence-corrected chi connectivity index (χ4v) is 3.80. The van der Waals surface area contributed by atoms with E-state index in [1.165, 1.54) is 0 Å². The highest BCUT2D eigenvalue weighted by Gasteiger charge is 2.35. The van der Waals surface area contributed by atoms with Gasteiger partial charge in [-0.3, -0.25) is 9.59 Å². The van der Waals surface area contributed by atoms with Crippen LogP contribution in [0.25, 0.3) is 5.57 Å². The first-order valence-corrected chi connectivity index (χ1v) is 7.38. The number of benzene rings is 1. The molecule has 0 atom stereocenters. The molecule has 0 aromatic heterocycles. The normalized spacial score (nSPS) is 21.5. The lowest BCUT2D eigenvalue weighted by Crippen LogP contribution is -2.19. The maximum absolute atomic E-state index is 12.1. The zero-order valence-electron chi connectivity index (χ0n) is 9.67. The van der Waals surface area contributed by atoms with Crippen molar-refractivity contribution >= 4 is 67.3 Å². The van der Waals surface area contributed by atoms with Crippen LogP contribution in [0.15, 0.2) is 21.5 Å². The molecule has 1 aromatic carbocycles. The van der Waals surface area contributed by atoms with E-state index in [2.05, 4.69) is 26.6 Å². The summed E-state index contributed by atoms with van der Waals surface area (Å²) in [6.07, 6.45) is 0. The quantitative estimate of drug-likeness (QED) is 0.555. The Bertz CT molecular complexity index is 697. The van der Waals surface area contributed by atoms with E-state index in [-0.39, 0.29) is 11.8 Å². The van der Waals surface area contributed by atoms with Crippen molar-refractivity contribution < 1.29 is 9.59 Å². The molecule has 0 bridgehead atoms. The molecule has 0 spiro atoms. The fraction of sp³-hybridized carbons (Fsp3) is 0.0833. The van der Waals surface area contributed by atoms with Crippen LogP contribution in [0, 0.1) is 6.92 Å². The molecular weight excluding hydrogens is 348 g/mol. The molecule has 2 amide bonds. The number of hydrogen-bond acceptors (Lipinski definition) is 4. The number of anilines is 1. The molecule has 1 aromatic rings. The molecule has 2 aliphatic rings. The van der Waals surface area contributed by atoms with E-state index in [4.69, 9.17) is 12.2 Å². The van der Waals surface area contributed by atoms with Crippen molar-refractivity contribution in [3.05, 3.63) is 32.6 Å². The highest BCUT2D eigenvalue weighted by atomic mass is 79.9. The van der Waals surface area contributed by atoms with Crippen LogP contribution in [0.4, 0.5) is 5.69 Å². The number of thiocarbonyl (C=S) groups is 1. The Hall–Kier alpha value is -1.18. The highest BCUT2D eigenvalue weighted by Crippen LogP contribution is 2.42. The van der Waals surface area contributed by atoms with E-state index in [1.54, 1.807) is 0 Å². The first kappa shape index (κ1) is 12.8. The molecule has 2 heterocycles. The number of thioether (sulfide) groups is 1. The summed E-state index contributed by atoms with van der Waals surface area (Å²) in [4.78, 5) is 24.3. The zero-order valence-corrected chi connectivity index (χ0v) is 12.9. The molecule has 4 nitrogen and oxygen atoms in total. The second-order valence-corrected chi connectivity index (χ2v) is 6.75. The maximum atomic E-state index is 12.1. The van der Waals surface area contributed by atoms with Crippen LogP contribution in [0.5, 0.6) is 0 Å². The van der Waals surface area contributed by atoms with Gasteiger partial charge in [-0.1, -0.05) is 39.9 Å². The molecule has 96 valence electrons. The molecule has 7 heteroatoms. The van der Waals surface area contributed by atoms with Gasteiger partial charge < -0.3 is 10.6 Å². The summed E-state index contributed by atoms with van der Waals surface area (Å²) in [5, 5.41) is 5.33. The molecule has 0 aliphatic carbocycles. The van der Waals surface area contributed by atoms with Crippen molar-refractivity contribution in [2.45, 2.75) is 6.92 Å². The number of hydrogen-bond donors (Lipinski definition) is 2. The van der Waals surface area contributed by atoms with Gasteiger partial charge in [0.05, 0.1) is 16.2 Å². The van der Waals surface area contributed by atoms with Crippen LogP contribution in [0.2, 0.25) is 0 Å². The number of carbonyl (C=O) groups excluding carboxylic acids is 2. The molecule has 1 fully saturated rings. The summed E-state index contributed by atoms with van der Waals surface area (Å²) >= 11 is 9.48. The van der Waals surface area contributed by atoms with Gasteiger partial charge in [-0.05, 0) is 24.6 Å². The molecule has 3 rings (SSSR count). The van der Waals surface area contributed by atoms with Gasteiger partial charge >= 0.3 is 0 Å². The third-order valence-corrected chi connectivity index (χ3v) is 4.57. The summed E-state index contributed by atoms with van der Waals surface area (Å²) in [5.74, 6) is -0.579. The Balaban J connectivity index is 2.27. The molecular formula is C12H7BrN2O2S2. The number of carbonyl (C=O) groups is 2. The van der Waals surface area contributed by atoms with Gasteiger partial charge in [0, 0.05) is 10.0 Å². The van der Waals surface area contributed by atoms with Gasteiger partial charge in [0.25, 0.3) is 11.8 Å². The van der Waals surface area contributed by atoms with Crippen molar-refractivity contribution in [1.29, 1.82) is 0 Å². The van der Waals surface area contributed by atoms with E-state index in [0.717, 1.165) is 33.0 Å². The minimum Gasteiger partial charge on any atom is -0.321 e.